The monoisotopic (exact) mass is 1170 g/mol. The number of carbonyl (C=O) groups excluding carboxylic acids is 2. The summed E-state index contributed by atoms with van der Waals surface area (Å²) in [5.74, 6) is 0.844. The first-order valence-electron chi connectivity index (χ1n) is 15.9. The molecule has 2 amide bonds. The average Bonchev–Trinajstić information content (AvgIpc) is 3.75. The van der Waals surface area contributed by atoms with Gasteiger partial charge in [0.1, 0.15) is 11.5 Å². The van der Waals surface area contributed by atoms with E-state index in [9.17, 15) is 14.7 Å². The molecule has 4 aromatic rings. The number of hydrogen-bond donors (Lipinski definition) is 3. The molecule has 2 aliphatic rings. The molecular weight excluding hydrogens is 1140 g/mol. The van der Waals surface area contributed by atoms with E-state index in [0.29, 0.717) is 80.5 Å². The molecule has 0 atom stereocenters. The van der Waals surface area contributed by atoms with Crippen LogP contribution >= 0.6 is 126 Å². The number of nitrogens with zero attached hydrogens (tertiary/aromatic N) is 6. The average molecular weight is 1180 g/mol. The molecule has 24 heteroatoms. The number of halogens is 9. The zero-order chi connectivity index (χ0) is 41.9. The second-order valence-electron chi connectivity index (χ2n) is 10.9. The Morgan fingerprint density at radius 2 is 1.16 bits per heavy atom. The van der Waals surface area contributed by atoms with Crippen molar-refractivity contribution < 1.29 is 28.9 Å². The number of ether oxygens (including phenoxy) is 3. The van der Waals surface area contributed by atoms with Gasteiger partial charge in [-0.2, -0.15) is 0 Å². The van der Waals surface area contributed by atoms with E-state index in [0.717, 1.165) is 15.6 Å². The minimum Gasteiger partial charge on any atom is -0.507 e. The SMILES string of the molecule is BrB(Br)Br.CCOC(=O)N1Cc2nc(N)nc(-c3cc(O)c(Br)cc3Cl)c2C1.CCOC(=O)N1Cc2nc(N)nc(-c3cc(OC)c(Br)cc3Cl)c2C1.ClCCl. The summed E-state index contributed by atoms with van der Waals surface area (Å²) < 4.78 is 16.9. The van der Waals surface area contributed by atoms with Gasteiger partial charge in [0.05, 0.1) is 93.6 Å². The van der Waals surface area contributed by atoms with Crippen molar-refractivity contribution in [3.63, 3.8) is 0 Å². The van der Waals surface area contributed by atoms with Crippen LogP contribution in [0.3, 0.4) is 0 Å². The Morgan fingerprint density at radius 1 is 0.768 bits per heavy atom. The minimum atomic E-state index is -0.426. The van der Waals surface area contributed by atoms with Crippen LogP contribution in [0.2, 0.25) is 10.0 Å². The van der Waals surface area contributed by atoms with Crippen molar-refractivity contribution in [2.75, 3.05) is 37.1 Å². The lowest BCUT2D eigenvalue weighted by Gasteiger charge is -2.14. The fourth-order valence-electron chi connectivity index (χ4n) is 5.27. The van der Waals surface area contributed by atoms with Gasteiger partial charge >= 0.3 is 15.4 Å². The molecule has 0 saturated heterocycles. The van der Waals surface area contributed by atoms with Crippen LogP contribution in [-0.4, -0.2) is 75.9 Å². The Kier molecular flexibility index (Phi) is 19.8. The number of hydrogen-bond acceptors (Lipinski definition) is 12. The summed E-state index contributed by atoms with van der Waals surface area (Å²) in [5.41, 5.74) is 16.8. The third-order valence-corrected chi connectivity index (χ3v) is 9.32. The lowest BCUT2D eigenvalue weighted by molar-refractivity contribution is 0.106. The van der Waals surface area contributed by atoms with E-state index in [-0.39, 0.29) is 39.3 Å². The largest absolute Gasteiger partial charge is 0.507 e. The van der Waals surface area contributed by atoms with E-state index < -0.39 is 12.2 Å². The molecule has 14 nitrogen and oxygen atoms in total. The summed E-state index contributed by atoms with van der Waals surface area (Å²) in [4.78, 5) is 44.1. The lowest BCUT2D eigenvalue weighted by Crippen LogP contribution is -2.26. The highest BCUT2D eigenvalue weighted by atomic mass is 79.9. The number of alkyl halides is 2. The number of phenolic OH excluding ortho intramolecular Hbond substituents is 1. The molecule has 0 unspecified atom stereocenters. The summed E-state index contributed by atoms with van der Waals surface area (Å²) in [6, 6.07) is 6.59. The number of nitrogens with two attached hydrogens (primary N) is 2. The summed E-state index contributed by atoms with van der Waals surface area (Å²) in [6.45, 7) is 5.33. The minimum absolute atomic E-state index is 0.0283. The molecule has 0 bridgehead atoms. The molecule has 5 N–H and O–H groups in total. The number of anilines is 2. The standard InChI is InChI=1S/C16H16BrClN4O3.C15H14BrClN4O3.CH2Cl2.BBr3/c1-3-25-16(23)22-6-9-12(7-22)20-15(19)21-14(9)8-4-13(24-2)10(17)5-11(8)18;1-2-24-15(23)21-5-8-11(6-21)19-14(18)20-13(8)7-3-12(22)9(16)4-10(7)17;2-1-3;2-1(3)4/h4-5H,3,6-7H2,1-2H3,(H2,19,20,21);3-4,22H,2,5-6H2,1H3,(H2,18,19,20);1H2;. The molecule has 2 aliphatic heterocycles. The highest BCUT2D eigenvalue weighted by molar-refractivity contribution is 9.69. The van der Waals surface area contributed by atoms with Gasteiger partial charge in [-0.15, -0.1) is 70.5 Å². The molecule has 56 heavy (non-hydrogen) atoms. The maximum absolute atomic E-state index is 12.0. The van der Waals surface area contributed by atoms with Crippen LogP contribution in [0.4, 0.5) is 21.5 Å². The van der Waals surface area contributed by atoms with Gasteiger partial charge in [0.15, 0.2) is 0 Å². The molecule has 0 aliphatic carbocycles. The van der Waals surface area contributed by atoms with E-state index >= 15 is 0 Å². The van der Waals surface area contributed by atoms with Crippen molar-refractivity contribution in [3.05, 3.63) is 65.8 Å². The molecule has 2 aromatic heterocycles. The Labute approximate surface area is 384 Å². The molecule has 4 heterocycles. The van der Waals surface area contributed by atoms with Crippen LogP contribution in [0, 0.1) is 0 Å². The fourth-order valence-corrected chi connectivity index (χ4v) is 6.89. The van der Waals surface area contributed by atoms with Crippen molar-refractivity contribution in [2.24, 2.45) is 0 Å². The number of phenols is 1. The fraction of sp³-hybridized carbons (Fsp3) is 0.312. The van der Waals surface area contributed by atoms with Crippen LogP contribution in [0.25, 0.3) is 22.5 Å². The zero-order valence-electron chi connectivity index (χ0n) is 29.6. The maximum atomic E-state index is 12.0. The van der Waals surface area contributed by atoms with Crippen LogP contribution in [0.1, 0.15) is 36.4 Å². The molecule has 2 aromatic carbocycles. The van der Waals surface area contributed by atoms with Gasteiger partial charge in [0.2, 0.25) is 11.9 Å². The first-order valence-corrected chi connectivity index (χ1v) is 22.0. The van der Waals surface area contributed by atoms with Gasteiger partial charge in [0.25, 0.3) is 0 Å². The first kappa shape index (κ1) is 48.3. The number of rotatable bonds is 5. The zero-order valence-corrected chi connectivity index (χ0v) is 40.5. The number of amides is 2. The smallest absolute Gasteiger partial charge is 0.410 e. The van der Waals surface area contributed by atoms with Gasteiger partial charge < -0.3 is 30.8 Å². The number of carbonyl (C=O) groups is 2. The van der Waals surface area contributed by atoms with Crippen molar-refractivity contribution in [1.82, 2.24) is 29.7 Å². The van der Waals surface area contributed by atoms with Gasteiger partial charge in [0, 0.05) is 22.3 Å². The molecule has 0 fully saturated rings. The third-order valence-electron chi connectivity index (χ3n) is 7.44. The van der Waals surface area contributed by atoms with Crippen molar-refractivity contribution in [1.29, 1.82) is 0 Å². The Morgan fingerprint density at radius 3 is 1.55 bits per heavy atom. The first-order chi connectivity index (χ1) is 26.5. The quantitative estimate of drug-likeness (QED) is 0.127. The number of methoxy groups -OCH3 is 1. The van der Waals surface area contributed by atoms with Crippen molar-refractivity contribution >= 4 is 153 Å². The Balaban J connectivity index is 0.000000258. The topological polar surface area (TPSA) is 192 Å². The van der Waals surface area contributed by atoms with E-state index in [1.165, 1.54) is 11.0 Å². The molecule has 0 radical (unpaired) electrons. The highest BCUT2D eigenvalue weighted by Crippen LogP contribution is 2.41. The molecule has 6 rings (SSSR count). The second kappa shape index (κ2) is 22.9. The number of aromatic hydroxyl groups is 1. The summed E-state index contributed by atoms with van der Waals surface area (Å²) in [5, 5.41) is 11.0. The lowest BCUT2D eigenvalue weighted by atomic mass is 10.1. The van der Waals surface area contributed by atoms with E-state index in [2.05, 4.69) is 99.1 Å². The van der Waals surface area contributed by atoms with Gasteiger partial charge in [-0.1, -0.05) is 23.2 Å². The van der Waals surface area contributed by atoms with Crippen LogP contribution < -0.4 is 16.2 Å². The maximum Gasteiger partial charge on any atom is 0.410 e. The Hall–Kier alpha value is -2.04. The number of fused-ring (bicyclic) bond motifs is 2. The summed E-state index contributed by atoms with van der Waals surface area (Å²) >= 11 is 38.1. The number of nitrogen functional groups attached to an aromatic ring is 2. The van der Waals surface area contributed by atoms with Crippen molar-refractivity contribution in [3.8, 4) is 34.0 Å². The van der Waals surface area contributed by atoms with Gasteiger partial charge in [-0.25, -0.2) is 29.5 Å². The Bertz CT molecular complexity index is 2050. The second-order valence-corrected chi connectivity index (χ2v) is 20.7. The van der Waals surface area contributed by atoms with E-state index in [4.69, 9.17) is 72.1 Å². The van der Waals surface area contributed by atoms with Gasteiger partial charge in [-0.05, 0) is 70.0 Å². The van der Waals surface area contributed by atoms with Crippen LogP contribution in [0.5, 0.6) is 11.5 Å². The van der Waals surface area contributed by atoms with E-state index in [1.54, 1.807) is 44.1 Å². The summed E-state index contributed by atoms with van der Waals surface area (Å²) in [7, 11) is 1.57. The molecule has 302 valence electrons. The third kappa shape index (κ3) is 13.0. The molecular formula is C32H32BBr5Cl4N8O6. The normalized spacial score (nSPS) is 12.1. The molecule has 0 spiro atoms. The van der Waals surface area contributed by atoms with Gasteiger partial charge in [-0.3, -0.25) is 9.80 Å². The number of benzene rings is 2. The molecule has 0 saturated carbocycles. The van der Waals surface area contributed by atoms with Crippen LogP contribution in [-0.2, 0) is 35.7 Å². The number of aromatic nitrogens is 4. The van der Waals surface area contributed by atoms with E-state index in [1.807, 2.05) is 0 Å². The summed E-state index contributed by atoms with van der Waals surface area (Å²) in [6.07, 6.45) is -0.825. The van der Waals surface area contributed by atoms with Crippen LogP contribution in [0.15, 0.2) is 33.2 Å². The van der Waals surface area contributed by atoms with Crippen molar-refractivity contribution in [2.45, 2.75) is 40.0 Å². The highest BCUT2D eigenvalue weighted by Gasteiger charge is 2.32. The predicted octanol–water partition coefficient (Wildman–Crippen LogP) is 10.5. The predicted molar refractivity (Wildman–Crippen MR) is 239 cm³/mol.